The van der Waals surface area contributed by atoms with Crippen LogP contribution in [0, 0.1) is 0 Å². The molecule has 0 atom stereocenters. The van der Waals surface area contributed by atoms with Gasteiger partial charge in [0.05, 0.1) is 11.4 Å². The summed E-state index contributed by atoms with van der Waals surface area (Å²) >= 11 is 0.955. The third kappa shape index (κ3) is 4.61. The predicted molar refractivity (Wildman–Crippen MR) is 100 cm³/mol. The number of amides is 2. The highest BCUT2D eigenvalue weighted by Gasteiger charge is 2.34. The van der Waals surface area contributed by atoms with Gasteiger partial charge in [-0.1, -0.05) is 60.7 Å². The van der Waals surface area contributed by atoms with Crippen LogP contribution >= 0.6 is 11.8 Å². The second-order valence-corrected chi connectivity index (χ2v) is 6.28. The maximum absolute atomic E-state index is 12.3. The first kappa shape index (κ1) is 17.0. The highest BCUT2D eigenvalue weighted by molar-refractivity contribution is 8.18. The molecule has 3 rings (SSSR count). The Morgan fingerprint density at radius 1 is 0.960 bits per heavy atom. The van der Waals surface area contributed by atoms with E-state index in [1.54, 1.807) is 12.2 Å². The van der Waals surface area contributed by atoms with E-state index in [1.165, 1.54) is 4.90 Å². The molecular weight excluding hydrogens is 334 g/mol. The molecule has 4 nitrogen and oxygen atoms in total. The normalized spacial score (nSPS) is 16.2. The lowest BCUT2D eigenvalue weighted by molar-refractivity contribution is -0.123. The second kappa shape index (κ2) is 8.35. The van der Waals surface area contributed by atoms with Crippen LogP contribution in [0.15, 0.2) is 77.7 Å². The van der Waals surface area contributed by atoms with Gasteiger partial charge in [-0.3, -0.25) is 14.5 Å². The van der Waals surface area contributed by atoms with Crippen molar-refractivity contribution in [3.63, 3.8) is 0 Å². The Hall–Kier alpha value is -2.79. The van der Waals surface area contributed by atoms with Crippen LogP contribution in [0.4, 0.5) is 4.79 Å². The largest absolute Gasteiger partial charge is 0.492 e. The van der Waals surface area contributed by atoms with Crippen molar-refractivity contribution in [2.75, 3.05) is 13.2 Å². The quantitative estimate of drug-likeness (QED) is 0.726. The number of para-hydroxylation sites is 1. The van der Waals surface area contributed by atoms with E-state index >= 15 is 0 Å². The summed E-state index contributed by atoms with van der Waals surface area (Å²) < 4.78 is 5.55. The third-order valence-corrected chi connectivity index (χ3v) is 4.46. The third-order valence-electron chi connectivity index (χ3n) is 3.54. The van der Waals surface area contributed by atoms with Crippen molar-refractivity contribution in [1.82, 2.24) is 4.90 Å². The van der Waals surface area contributed by atoms with Crippen LogP contribution < -0.4 is 4.74 Å². The molecule has 0 radical (unpaired) electrons. The minimum Gasteiger partial charge on any atom is -0.492 e. The summed E-state index contributed by atoms with van der Waals surface area (Å²) in [6.45, 7) is 0.508. The summed E-state index contributed by atoms with van der Waals surface area (Å²) in [6.07, 6.45) is 5.36. The average Bonchev–Trinajstić information content (AvgIpc) is 2.91. The van der Waals surface area contributed by atoms with Gasteiger partial charge in [-0.05, 0) is 35.5 Å². The van der Waals surface area contributed by atoms with Crippen molar-refractivity contribution in [2.24, 2.45) is 0 Å². The van der Waals surface area contributed by atoms with Gasteiger partial charge in [0.2, 0.25) is 0 Å². The lowest BCUT2D eigenvalue weighted by atomic mass is 10.2. The van der Waals surface area contributed by atoms with Crippen molar-refractivity contribution in [3.8, 4) is 5.75 Å². The van der Waals surface area contributed by atoms with Gasteiger partial charge in [0, 0.05) is 0 Å². The first-order chi connectivity index (χ1) is 12.2. The SMILES string of the molecule is O=C1S/C(=C\C=C\c2ccccc2)C(=O)N1CCOc1ccccc1. The van der Waals surface area contributed by atoms with Gasteiger partial charge in [-0.15, -0.1) is 0 Å². The zero-order chi connectivity index (χ0) is 17.5. The molecule has 0 bridgehead atoms. The van der Waals surface area contributed by atoms with Crippen LogP contribution in [0.1, 0.15) is 5.56 Å². The summed E-state index contributed by atoms with van der Waals surface area (Å²) in [4.78, 5) is 26.0. The smallest absolute Gasteiger partial charge is 0.293 e. The van der Waals surface area contributed by atoms with Crippen molar-refractivity contribution < 1.29 is 14.3 Å². The highest BCUT2D eigenvalue weighted by atomic mass is 32.2. The first-order valence-corrected chi connectivity index (χ1v) is 8.70. The van der Waals surface area contributed by atoms with E-state index in [9.17, 15) is 9.59 Å². The summed E-state index contributed by atoms with van der Waals surface area (Å²) in [5, 5.41) is -0.263. The zero-order valence-electron chi connectivity index (χ0n) is 13.5. The second-order valence-electron chi connectivity index (χ2n) is 5.29. The van der Waals surface area contributed by atoms with Gasteiger partial charge in [-0.25, -0.2) is 0 Å². The predicted octanol–water partition coefficient (Wildman–Crippen LogP) is 4.36. The van der Waals surface area contributed by atoms with Gasteiger partial charge in [0.15, 0.2) is 0 Å². The van der Waals surface area contributed by atoms with Crippen molar-refractivity contribution in [1.29, 1.82) is 0 Å². The van der Waals surface area contributed by atoms with Gasteiger partial charge in [0.25, 0.3) is 11.1 Å². The van der Waals surface area contributed by atoms with E-state index in [0.717, 1.165) is 23.1 Å². The maximum atomic E-state index is 12.3. The molecule has 0 saturated carbocycles. The summed E-state index contributed by atoms with van der Waals surface area (Å²) in [5.74, 6) is 0.445. The molecule has 1 aliphatic heterocycles. The van der Waals surface area contributed by atoms with Crippen LogP contribution in [0.25, 0.3) is 6.08 Å². The molecule has 1 saturated heterocycles. The fraction of sp³-hybridized carbons (Fsp3) is 0.100. The Balaban J connectivity index is 1.56. The molecule has 5 heteroatoms. The minimum absolute atomic E-state index is 0.235. The van der Waals surface area contributed by atoms with Gasteiger partial charge in [-0.2, -0.15) is 0 Å². The lowest BCUT2D eigenvalue weighted by Gasteiger charge is -2.13. The Bertz CT molecular complexity index is 800. The monoisotopic (exact) mass is 351 g/mol. The first-order valence-electron chi connectivity index (χ1n) is 7.89. The Labute approximate surface area is 150 Å². The molecular formula is C20H17NO3S. The van der Waals surface area contributed by atoms with Gasteiger partial charge in [0.1, 0.15) is 12.4 Å². The molecule has 25 heavy (non-hydrogen) atoms. The van der Waals surface area contributed by atoms with Crippen LogP contribution in [0.5, 0.6) is 5.75 Å². The number of thioether (sulfide) groups is 1. The average molecular weight is 351 g/mol. The van der Waals surface area contributed by atoms with Crippen LogP contribution in [-0.2, 0) is 4.79 Å². The molecule has 2 aromatic carbocycles. The molecule has 2 aromatic rings. The number of rotatable bonds is 6. The summed E-state index contributed by atoms with van der Waals surface area (Å²) in [7, 11) is 0. The van der Waals surface area contributed by atoms with Crippen LogP contribution in [0.2, 0.25) is 0 Å². The van der Waals surface area contributed by atoms with E-state index in [4.69, 9.17) is 4.74 Å². The number of allylic oxidation sites excluding steroid dienone is 2. The molecule has 126 valence electrons. The van der Waals surface area contributed by atoms with Crippen LogP contribution in [0.3, 0.4) is 0 Å². The van der Waals surface area contributed by atoms with Crippen LogP contribution in [-0.4, -0.2) is 29.2 Å². The number of carbonyl (C=O) groups excluding carboxylic acids is 2. The van der Waals surface area contributed by atoms with Crippen molar-refractivity contribution in [2.45, 2.75) is 0 Å². The number of hydrogen-bond acceptors (Lipinski definition) is 4. The Kier molecular flexibility index (Phi) is 5.69. The molecule has 1 aliphatic rings. The van der Waals surface area contributed by atoms with E-state index in [-0.39, 0.29) is 24.3 Å². The zero-order valence-corrected chi connectivity index (χ0v) is 14.3. The summed E-state index contributed by atoms with van der Waals surface area (Å²) in [6, 6.07) is 19.1. The molecule has 0 unspecified atom stereocenters. The maximum Gasteiger partial charge on any atom is 0.293 e. The van der Waals surface area contributed by atoms with E-state index < -0.39 is 0 Å². The fourth-order valence-corrected chi connectivity index (χ4v) is 3.11. The highest BCUT2D eigenvalue weighted by Crippen LogP contribution is 2.30. The fourth-order valence-electron chi connectivity index (χ4n) is 2.29. The number of imide groups is 1. The molecule has 0 aromatic heterocycles. The number of carbonyl (C=O) groups is 2. The molecule has 0 spiro atoms. The Morgan fingerprint density at radius 2 is 1.64 bits per heavy atom. The molecule has 1 fully saturated rings. The van der Waals surface area contributed by atoms with Crippen molar-refractivity contribution >= 4 is 29.0 Å². The molecule has 0 aliphatic carbocycles. The minimum atomic E-state index is -0.274. The lowest BCUT2D eigenvalue weighted by Crippen LogP contribution is -2.32. The van der Waals surface area contributed by atoms with Crippen molar-refractivity contribution in [3.05, 3.63) is 83.3 Å². The number of ether oxygens (including phenoxy) is 1. The van der Waals surface area contributed by atoms with E-state index in [2.05, 4.69) is 0 Å². The number of benzene rings is 2. The summed E-state index contributed by atoms with van der Waals surface area (Å²) in [5.41, 5.74) is 1.04. The number of nitrogens with zero attached hydrogens (tertiary/aromatic N) is 1. The number of hydrogen-bond donors (Lipinski definition) is 0. The Morgan fingerprint density at radius 3 is 2.36 bits per heavy atom. The van der Waals surface area contributed by atoms with E-state index in [1.807, 2.05) is 66.7 Å². The molecule has 1 heterocycles. The van der Waals surface area contributed by atoms with E-state index in [0.29, 0.717) is 4.91 Å². The van der Waals surface area contributed by atoms with Gasteiger partial charge < -0.3 is 4.74 Å². The molecule has 2 amide bonds. The molecule has 0 N–H and O–H groups in total. The topological polar surface area (TPSA) is 46.6 Å². The standard InChI is InChI=1S/C20H17NO3S/c22-19-18(13-7-10-16-8-3-1-4-9-16)25-20(23)21(19)14-15-24-17-11-5-2-6-12-17/h1-13H,14-15H2/b10-7+,18-13-. The van der Waals surface area contributed by atoms with Gasteiger partial charge >= 0.3 is 0 Å².